The second-order valence-electron chi connectivity index (χ2n) is 8.44. The molecule has 1 aliphatic rings. The summed E-state index contributed by atoms with van der Waals surface area (Å²) in [5, 5.41) is 6.31. The fourth-order valence-corrected chi connectivity index (χ4v) is 4.06. The van der Waals surface area contributed by atoms with Gasteiger partial charge in [0.25, 0.3) is 0 Å². The van der Waals surface area contributed by atoms with Crippen LogP contribution < -0.4 is 15.5 Å². The van der Waals surface area contributed by atoms with E-state index in [9.17, 15) is 9.59 Å². The molecule has 7 nitrogen and oxygen atoms in total. The topological polar surface area (TPSA) is 77.6 Å². The quantitative estimate of drug-likeness (QED) is 0.506. The highest BCUT2D eigenvalue weighted by atomic mass is 16.2. The first-order valence-corrected chi connectivity index (χ1v) is 11.7. The van der Waals surface area contributed by atoms with Crippen molar-refractivity contribution >= 4 is 23.4 Å². The van der Waals surface area contributed by atoms with E-state index in [1.807, 2.05) is 43.3 Å². The summed E-state index contributed by atoms with van der Waals surface area (Å²) >= 11 is 0. The lowest BCUT2D eigenvalue weighted by Crippen LogP contribution is -2.34. The van der Waals surface area contributed by atoms with Crippen molar-refractivity contribution in [2.45, 2.75) is 26.3 Å². The van der Waals surface area contributed by atoms with Crippen LogP contribution >= 0.6 is 0 Å². The summed E-state index contributed by atoms with van der Waals surface area (Å²) < 4.78 is 0. The summed E-state index contributed by atoms with van der Waals surface area (Å²) in [6.45, 7) is 6.74. The number of carbonyl (C=O) groups is 2. The third kappa shape index (κ3) is 5.61. The largest absolute Gasteiger partial charge is 0.324 e. The monoisotopic (exact) mass is 457 g/mol. The predicted octanol–water partition coefficient (Wildman–Crippen LogP) is 4.16. The number of hydrogen-bond donors (Lipinski definition) is 2. The molecular weight excluding hydrogens is 426 g/mol. The van der Waals surface area contributed by atoms with Gasteiger partial charge in [0, 0.05) is 26.2 Å². The number of carbonyl (C=O) groups excluding carboxylic acids is 2. The van der Waals surface area contributed by atoms with Crippen molar-refractivity contribution in [3.05, 3.63) is 89.6 Å². The van der Waals surface area contributed by atoms with Crippen molar-refractivity contribution in [3.63, 3.8) is 0 Å². The Morgan fingerprint density at radius 1 is 1.03 bits per heavy atom. The minimum atomic E-state index is -0.508. The highest BCUT2D eigenvalue weighted by molar-refractivity contribution is 5.96. The maximum absolute atomic E-state index is 13.2. The van der Waals surface area contributed by atoms with Crippen LogP contribution in [0.5, 0.6) is 0 Å². The van der Waals surface area contributed by atoms with Gasteiger partial charge < -0.3 is 15.5 Å². The molecule has 1 fully saturated rings. The molecular formula is C27H31N5O2. The molecule has 1 aliphatic heterocycles. The molecule has 1 atom stereocenters. The molecule has 0 aliphatic carbocycles. The lowest BCUT2D eigenvalue weighted by Gasteiger charge is -2.20. The van der Waals surface area contributed by atoms with Gasteiger partial charge in [-0.1, -0.05) is 60.2 Å². The SMILES string of the molecule is CCN1CCN(c2ccc(NC(=O)[C@H](NCCc3ccc(C)cc3)c3ccccc3)nc2)C1=O. The standard InChI is InChI=1S/C27H31N5O2/c1-3-31-17-18-32(27(31)34)23-13-14-24(29-19-23)30-26(33)25(22-7-5-4-6-8-22)28-16-15-21-11-9-20(2)10-12-21/h4-14,19,25,28H,3,15-18H2,1-2H3,(H,29,30,33)/t25-/m1/s1. The molecule has 1 aromatic heterocycles. The number of pyridine rings is 1. The Morgan fingerprint density at radius 2 is 1.79 bits per heavy atom. The minimum Gasteiger partial charge on any atom is -0.323 e. The van der Waals surface area contributed by atoms with E-state index in [0.717, 1.165) is 17.7 Å². The van der Waals surface area contributed by atoms with E-state index in [1.165, 1.54) is 11.1 Å². The van der Waals surface area contributed by atoms with Crippen molar-refractivity contribution in [2.75, 3.05) is 36.4 Å². The van der Waals surface area contributed by atoms with Crippen LogP contribution in [0.4, 0.5) is 16.3 Å². The van der Waals surface area contributed by atoms with Gasteiger partial charge in [-0.15, -0.1) is 0 Å². The van der Waals surface area contributed by atoms with Crippen LogP contribution in [0.3, 0.4) is 0 Å². The molecule has 0 bridgehead atoms. The third-order valence-corrected chi connectivity index (χ3v) is 6.07. The second-order valence-corrected chi connectivity index (χ2v) is 8.44. The van der Waals surface area contributed by atoms with Gasteiger partial charge in [0.2, 0.25) is 5.91 Å². The molecule has 7 heteroatoms. The Kier molecular flexibility index (Phi) is 7.54. The number of urea groups is 1. The summed E-state index contributed by atoms with van der Waals surface area (Å²) in [5.74, 6) is 0.277. The predicted molar refractivity (Wildman–Crippen MR) is 135 cm³/mol. The van der Waals surface area contributed by atoms with E-state index in [2.05, 4.69) is 46.8 Å². The van der Waals surface area contributed by atoms with Crippen molar-refractivity contribution in [1.29, 1.82) is 0 Å². The zero-order chi connectivity index (χ0) is 23.9. The lowest BCUT2D eigenvalue weighted by molar-refractivity contribution is -0.118. The van der Waals surface area contributed by atoms with E-state index >= 15 is 0 Å². The molecule has 0 unspecified atom stereocenters. The molecule has 2 heterocycles. The smallest absolute Gasteiger partial charge is 0.323 e. The van der Waals surface area contributed by atoms with E-state index in [-0.39, 0.29) is 11.9 Å². The first-order valence-electron chi connectivity index (χ1n) is 11.7. The average Bonchev–Trinajstić information content (AvgIpc) is 3.24. The fraction of sp³-hybridized carbons (Fsp3) is 0.296. The van der Waals surface area contributed by atoms with Crippen LogP contribution in [0.2, 0.25) is 0 Å². The molecule has 34 heavy (non-hydrogen) atoms. The van der Waals surface area contributed by atoms with Gasteiger partial charge in [-0.3, -0.25) is 9.69 Å². The molecule has 3 amide bonds. The summed E-state index contributed by atoms with van der Waals surface area (Å²) in [6, 6.07) is 21.1. The fourth-order valence-electron chi connectivity index (χ4n) is 4.06. The third-order valence-electron chi connectivity index (χ3n) is 6.07. The number of nitrogens with zero attached hydrogens (tertiary/aromatic N) is 3. The molecule has 2 aromatic carbocycles. The Morgan fingerprint density at radius 3 is 2.44 bits per heavy atom. The highest BCUT2D eigenvalue weighted by Gasteiger charge is 2.28. The molecule has 176 valence electrons. The van der Waals surface area contributed by atoms with E-state index in [0.29, 0.717) is 32.0 Å². The van der Waals surface area contributed by atoms with Gasteiger partial charge in [-0.25, -0.2) is 9.78 Å². The Labute approximate surface area is 200 Å². The second kappa shape index (κ2) is 10.9. The number of anilines is 2. The van der Waals surface area contributed by atoms with Crippen LogP contribution in [-0.2, 0) is 11.2 Å². The summed E-state index contributed by atoms with van der Waals surface area (Å²) in [5.41, 5.74) is 4.08. The van der Waals surface area contributed by atoms with Crippen LogP contribution in [0.1, 0.15) is 29.7 Å². The van der Waals surface area contributed by atoms with E-state index in [4.69, 9.17) is 0 Å². The number of aryl methyl sites for hydroxylation is 1. The van der Waals surface area contributed by atoms with Gasteiger partial charge in [0.1, 0.15) is 11.9 Å². The Balaban J connectivity index is 1.41. The Hall–Kier alpha value is -3.71. The number of aromatic nitrogens is 1. The average molecular weight is 458 g/mol. The number of nitrogens with one attached hydrogen (secondary N) is 2. The van der Waals surface area contributed by atoms with Crippen LogP contribution in [0.25, 0.3) is 0 Å². The summed E-state index contributed by atoms with van der Waals surface area (Å²) in [6.07, 6.45) is 2.46. The van der Waals surface area contributed by atoms with Gasteiger partial charge >= 0.3 is 6.03 Å². The van der Waals surface area contributed by atoms with Crippen LogP contribution in [-0.4, -0.2) is 48.0 Å². The molecule has 2 N–H and O–H groups in total. The normalized spacial score (nSPS) is 14.4. The van der Waals surface area contributed by atoms with Crippen LogP contribution in [0, 0.1) is 6.92 Å². The first-order chi connectivity index (χ1) is 16.5. The summed E-state index contributed by atoms with van der Waals surface area (Å²) in [7, 11) is 0. The van der Waals surface area contributed by atoms with Gasteiger partial charge in [-0.2, -0.15) is 0 Å². The Bertz CT molecular complexity index is 1100. The minimum absolute atomic E-state index is 0.0111. The summed E-state index contributed by atoms with van der Waals surface area (Å²) in [4.78, 5) is 33.5. The first kappa shape index (κ1) is 23.4. The van der Waals surface area contributed by atoms with Crippen molar-refractivity contribution in [2.24, 2.45) is 0 Å². The van der Waals surface area contributed by atoms with Crippen molar-refractivity contribution < 1.29 is 9.59 Å². The number of likely N-dealkylation sites (N-methyl/N-ethyl adjacent to an activating group) is 1. The molecule has 3 aromatic rings. The zero-order valence-electron chi connectivity index (χ0n) is 19.7. The van der Waals surface area contributed by atoms with Crippen molar-refractivity contribution in [3.8, 4) is 0 Å². The number of hydrogen-bond acceptors (Lipinski definition) is 4. The molecule has 0 saturated carbocycles. The van der Waals surface area contributed by atoms with Crippen LogP contribution in [0.15, 0.2) is 72.9 Å². The maximum Gasteiger partial charge on any atom is 0.324 e. The van der Waals surface area contributed by atoms with Gasteiger partial charge in [0.15, 0.2) is 0 Å². The van der Waals surface area contributed by atoms with Gasteiger partial charge in [0.05, 0.1) is 11.9 Å². The maximum atomic E-state index is 13.2. The van der Waals surface area contributed by atoms with Gasteiger partial charge in [-0.05, 0) is 43.5 Å². The van der Waals surface area contributed by atoms with E-state index < -0.39 is 6.04 Å². The number of amides is 3. The molecule has 4 rings (SSSR count). The lowest BCUT2D eigenvalue weighted by atomic mass is 10.1. The molecule has 0 radical (unpaired) electrons. The molecule has 1 saturated heterocycles. The number of rotatable bonds is 9. The van der Waals surface area contributed by atoms with Crippen molar-refractivity contribution in [1.82, 2.24) is 15.2 Å². The van der Waals surface area contributed by atoms with E-state index in [1.54, 1.807) is 22.1 Å². The molecule has 0 spiro atoms. The number of benzene rings is 2. The zero-order valence-corrected chi connectivity index (χ0v) is 19.7. The highest BCUT2D eigenvalue weighted by Crippen LogP contribution is 2.21.